The molecular formula is C13H18N2O4S. The summed E-state index contributed by atoms with van der Waals surface area (Å²) in [6, 6.07) is 3.85. The van der Waals surface area contributed by atoms with E-state index in [9.17, 15) is 20.0 Å². The van der Waals surface area contributed by atoms with E-state index in [2.05, 4.69) is 12.2 Å². The molecule has 7 heteroatoms. The molecule has 0 aromatic heterocycles. The molecule has 0 spiro atoms. The maximum Gasteiger partial charge on any atom is 0.311 e. The van der Waals surface area contributed by atoms with E-state index in [0.717, 1.165) is 24.0 Å². The number of benzene rings is 1. The van der Waals surface area contributed by atoms with E-state index >= 15 is 0 Å². The van der Waals surface area contributed by atoms with Crippen molar-refractivity contribution in [3.63, 3.8) is 0 Å². The lowest BCUT2D eigenvalue weighted by Crippen LogP contribution is -2.33. The Morgan fingerprint density at radius 3 is 2.85 bits per heavy atom. The number of nitrogens with one attached hydrogen (secondary N) is 1. The second kappa shape index (κ2) is 7.74. The highest BCUT2D eigenvalue weighted by molar-refractivity contribution is 7.99. The number of nitro benzene ring substituents is 1. The number of carbonyl (C=O) groups is 1. The van der Waals surface area contributed by atoms with Crippen LogP contribution in [0.2, 0.25) is 0 Å². The minimum Gasteiger partial charge on any atom is -0.502 e. The lowest BCUT2D eigenvalue weighted by molar-refractivity contribution is -0.385. The monoisotopic (exact) mass is 298 g/mol. The van der Waals surface area contributed by atoms with Gasteiger partial charge in [0.1, 0.15) is 0 Å². The molecule has 2 N–H and O–H groups in total. The minimum absolute atomic E-state index is 0.0554. The Labute approximate surface area is 121 Å². The molecule has 1 aromatic rings. The van der Waals surface area contributed by atoms with Crippen LogP contribution in [0.25, 0.3) is 0 Å². The quantitative estimate of drug-likeness (QED) is 0.458. The molecule has 1 atom stereocenters. The molecule has 0 aliphatic carbocycles. The molecule has 0 fully saturated rings. The molecule has 0 saturated carbocycles. The molecule has 6 nitrogen and oxygen atoms in total. The predicted octanol–water partition coefficient (Wildman–Crippen LogP) is 2.56. The van der Waals surface area contributed by atoms with Crippen molar-refractivity contribution in [1.82, 2.24) is 5.32 Å². The zero-order valence-electron chi connectivity index (χ0n) is 11.5. The zero-order valence-corrected chi connectivity index (χ0v) is 12.3. The number of thioether (sulfide) groups is 1. The van der Waals surface area contributed by atoms with Crippen molar-refractivity contribution < 1.29 is 14.8 Å². The summed E-state index contributed by atoms with van der Waals surface area (Å²) in [5.41, 5.74) is -0.541. The lowest BCUT2D eigenvalue weighted by Gasteiger charge is -2.14. The first kappa shape index (κ1) is 16.3. The number of carbonyl (C=O) groups excluding carboxylic acids is 1. The van der Waals surface area contributed by atoms with Crippen LogP contribution in [0.5, 0.6) is 5.75 Å². The average molecular weight is 298 g/mol. The van der Waals surface area contributed by atoms with Gasteiger partial charge in [0.25, 0.3) is 5.91 Å². The molecule has 1 aromatic carbocycles. The van der Waals surface area contributed by atoms with Gasteiger partial charge in [0.05, 0.1) is 10.5 Å². The van der Waals surface area contributed by atoms with Crippen molar-refractivity contribution in [3.8, 4) is 5.75 Å². The molecular weight excluding hydrogens is 280 g/mol. The summed E-state index contributed by atoms with van der Waals surface area (Å²) in [4.78, 5) is 22.0. The zero-order chi connectivity index (χ0) is 15.1. The van der Waals surface area contributed by atoms with Crippen molar-refractivity contribution in [2.75, 3.05) is 11.5 Å². The third-order valence-corrected chi connectivity index (χ3v) is 3.67. The van der Waals surface area contributed by atoms with E-state index in [1.165, 1.54) is 12.1 Å². The number of hydrogen-bond acceptors (Lipinski definition) is 5. The van der Waals surface area contributed by atoms with Gasteiger partial charge in [-0.2, -0.15) is 11.8 Å². The summed E-state index contributed by atoms with van der Waals surface area (Å²) in [7, 11) is 0. The second-order valence-corrected chi connectivity index (χ2v) is 5.68. The summed E-state index contributed by atoms with van der Waals surface area (Å²) < 4.78 is 0. The highest BCUT2D eigenvalue weighted by atomic mass is 32.2. The van der Waals surface area contributed by atoms with Crippen molar-refractivity contribution >= 4 is 23.4 Å². The fourth-order valence-corrected chi connectivity index (χ4v) is 2.45. The Bertz CT molecular complexity index is 493. The molecule has 0 bridgehead atoms. The third-order valence-electron chi connectivity index (χ3n) is 2.73. The van der Waals surface area contributed by atoms with Crippen LogP contribution in [0.4, 0.5) is 5.69 Å². The van der Waals surface area contributed by atoms with E-state index in [0.29, 0.717) is 0 Å². The van der Waals surface area contributed by atoms with Gasteiger partial charge < -0.3 is 10.4 Å². The van der Waals surface area contributed by atoms with Gasteiger partial charge in [-0.3, -0.25) is 14.9 Å². The van der Waals surface area contributed by atoms with Gasteiger partial charge in [-0.25, -0.2) is 0 Å². The maximum atomic E-state index is 12.0. The molecule has 0 radical (unpaired) electrons. The maximum absolute atomic E-state index is 12.0. The number of para-hydroxylation sites is 1. The smallest absolute Gasteiger partial charge is 0.311 e. The molecule has 0 saturated heterocycles. The lowest BCUT2D eigenvalue weighted by atomic mass is 10.1. The molecule has 1 unspecified atom stereocenters. The number of nitro groups is 1. The standard InChI is InChI=1S/C13H18N2O4S/c1-3-20-8-7-9(2)14-13(17)10-5-4-6-11(12(10)16)15(18)19/h4-6,9,16H,3,7-8H2,1-2H3,(H,14,17). The first-order chi connectivity index (χ1) is 9.47. The van der Waals surface area contributed by atoms with E-state index < -0.39 is 22.3 Å². The van der Waals surface area contributed by atoms with Gasteiger partial charge >= 0.3 is 5.69 Å². The Kier molecular flexibility index (Phi) is 6.30. The largest absolute Gasteiger partial charge is 0.502 e. The number of phenols is 1. The van der Waals surface area contributed by atoms with Gasteiger partial charge in [0, 0.05) is 12.1 Å². The van der Waals surface area contributed by atoms with E-state index in [1.54, 1.807) is 11.8 Å². The molecule has 0 heterocycles. The number of phenolic OH excluding ortho intramolecular Hbond substituents is 1. The van der Waals surface area contributed by atoms with Crippen molar-refractivity contribution in [2.24, 2.45) is 0 Å². The van der Waals surface area contributed by atoms with Crippen LogP contribution in [0.3, 0.4) is 0 Å². The van der Waals surface area contributed by atoms with Crippen LogP contribution in [0, 0.1) is 10.1 Å². The number of amides is 1. The predicted molar refractivity (Wildman–Crippen MR) is 79.3 cm³/mol. The molecule has 1 amide bonds. The summed E-state index contributed by atoms with van der Waals surface area (Å²) in [5, 5.41) is 23.2. The first-order valence-electron chi connectivity index (χ1n) is 6.32. The highest BCUT2D eigenvalue weighted by Crippen LogP contribution is 2.29. The SMILES string of the molecule is CCSCCC(C)NC(=O)c1cccc([N+](=O)[O-])c1O. The molecule has 1 rings (SSSR count). The van der Waals surface area contributed by atoms with E-state index in [4.69, 9.17) is 0 Å². The molecule has 0 aliphatic rings. The normalized spacial score (nSPS) is 11.9. The van der Waals surface area contributed by atoms with Crippen LogP contribution < -0.4 is 5.32 Å². The van der Waals surface area contributed by atoms with Gasteiger partial charge in [-0.05, 0) is 30.9 Å². The number of nitrogens with zero attached hydrogens (tertiary/aromatic N) is 1. The van der Waals surface area contributed by atoms with E-state index in [-0.39, 0.29) is 11.6 Å². The van der Waals surface area contributed by atoms with Crippen LogP contribution in [-0.2, 0) is 0 Å². The topological polar surface area (TPSA) is 92.5 Å². The van der Waals surface area contributed by atoms with Gasteiger partial charge in [-0.1, -0.05) is 13.0 Å². The number of rotatable bonds is 7. The van der Waals surface area contributed by atoms with Gasteiger partial charge in [0.2, 0.25) is 5.75 Å². The summed E-state index contributed by atoms with van der Waals surface area (Å²) in [5.74, 6) is 0.857. The van der Waals surface area contributed by atoms with Gasteiger partial charge in [-0.15, -0.1) is 0 Å². The van der Waals surface area contributed by atoms with Crippen molar-refractivity contribution in [1.29, 1.82) is 0 Å². The Morgan fingerprint density at radius 2 is 2.25 bits per heavy atom. The Hall–Kier alpha value is -1.76. The Morgan fingerprint density at radius 1 is 1.55 bits per heavy atom. The van der Waals surface area contributed by atoms with Crippen LogP contribution in [-0.4, -0.2) is 33.5 Å². The number of aromatic hydroxyl groups is 1. The van der Waals surface area contributed by atoms with Crippen LogP contribution >= 0.6 is 11.8 Å². The van der Waals surface area contributed by atoms with E-state index in [1.807, 2.05) is 6.92 Å². The summed E-state index contributed by atoms with van der Waals surface area (Å²) >= 11 is 1.78. The highest BCUT2D eigenvalue weighted by Gasteiger charge is 2.21. The Balaban J connectivity index is 2.73. The van der Waals surface area contributed by atoms with Crippen molar-refractivity contribution in [2.45, 2.75) is 26.3 Å². The fraction of sp³-hybridized carbons (Fsp3) is 0.462. The molecule has 20 heavy (non-hydrogen) atoms. The number of hydrogen-bond donors (Lipinski definition) is 2. The van der Waals surface area contributed by atoms with Crippen LogP contribution in [0.15, 0.2) is 18.2 Å². The van der Waals surface area contributed by atoms with Crippen molar-refractivity contribution in [3.05, 3.63) is 33.9 Å². The van der Waals surface area contributed by atoms with Gasteiger partial charge in [0.15, 0.2) is 0 Å². The fourth-order valence-electron chi connectivity index (χ4n) is 1.64. The molecule has 0 aliphatic heterocycles. The molecule has 110 valence electrons. The van der Waals surface area contributed by atoms with Crippen LogP contribution in [0.1, 0.15) is 30.6 Å². The second-order valence-electron chi connectivity index (χ2n) is 4.29. The minimum atomic E-state index is -0.715. The first-order valence-corrected chi connectivity index (χ1v) is 7.47. The average Bonchev–Trinajstić information content (AvgIpc) is 2.38. The summed E-state index contributed by atoms with van der Waals surface area (Å²) in [6.45, 7) is 3.93. The third kappa shape index (κ3) is 4.41. The summed E-state index contributed by atoms with van der Waals surface area (Å²) in [6.07, 6.45) is 0.805.